The smallest absolute Gasteiger partial charge is 0.257 e. The molecule has 8 heteroatoms. The molecule has 6 nitrogen and oxygen atoms in total. The molecule has 0 aliphatic rings. The van der Waals surface area contributed by atoms with Crippen LogP contribution in [0.25, 0.3) is 21.5 Å². The van der Waals surface area contributed by atoms with Gasteiger partial charge in [-0.05, 0) is 48.4 Å². The third-order valence-corrected chi connectivity index (χ3v) is 5.70. The maximum absolute atomic E-state index is 14.5. The summed E-state index contributed by atoms with van der Waals surface area (Å²) in [5, 5.41) is 21.7. The molecular weight excluding hydrogens is 417 g/mol. The van der Waals surface area contributed by atoms with Crippen LogP contribution in [0.4, 0.5) is 9.52 Å². The van der Waals surface area contributed by atoms with Crippen LogP contribution in [0.5, 0.6) is 0 Å². The average Bonchev–Trinajstić information content (AvgIpc) is 3.15. The topological polar surface area (TPSA) is 95.3 Å². The van der Waals surface area contributed by atoms with E-state index in [0.717, 1.165) is 15.8 Å². The minimum absolute atomic E-state index is 0.116. The number of nitrogens with zero attached hydrogens (tertiary/aromatic N) is 2. The highest BCUT2D eigenvalue weighted by atomic mass is 32.1. The molecule has 4 aromatic rings. The Balaban J connectivity index is 1.48. The number of aromatic nitrogens is 2. The summed E-state index contributed by atoms with van der Waals surface area (Å²) >= 11 is 1.41. The van der Waals surface area contributed by atoms with Gasteiger partial charge in [0.1, 0.15) is 11.5 Å². The molecule has 0 saturated heterocycles. The molecule has 2 heterocycles. The second-order valence-corrected chi connectivity index (χ2v) is 8.27. The Hall–Kier alpha value is -3.20. The Kier molecular flexibility index (Phi) is 6.03. The van der Waals surface area contributed by atoms with Gasteiger partial charge in [0.2, 0.25) is 0 Å². The summed E-state index contributed by atoms with van der Waals surface area (Å²) in [5.74, 6) is -0.839. The fourth-order valence-electron chi connectivity index (χ4n) is 3.17. The lowest BCUT2D eigenvalue weighted by Gasteiger charge is -2.09. The van der Waals surface area contributed by atoms with E-state index in [2.05, 4.69) is 15.3 Å². The SMILES string of the molecule is Cc1ccc2nc(NC(=O)c3ccc(-c4ncc(CC(O)CO)cc4F)cc3)sc2c1. The summed E-state index contributed by atoms with van der Waals surface area (Å²) in [6, 6.07) is 13.7. The largest absolute Gasteiger partial charge is 0.394 e. The Morgan fingerprint density at radius 2 is 1.97 bits per heavy atom. The summed E-state index contributed by atoms with van der Waals surface area (Å²) in [6.45, 7) is 1.60. The molecule has 4 rings (SSSR count). The minimum Gasteiger partial charge on any atom is -0.394 e. The fraction of sp³-hybridized carbons (Fsp3) is 0.174. The van der Waals surface area contributed by atoms with E-state index >= 15 is 0 Å². The molecule has 0 radical (unpaired) electrons. The minimum atomic E-state index is -0.954. The van der Waals surface area contributed by atoms with Gasteiger partial charge < -0.3 is 10.2 Å². The number of hydrogen-bond acceptors (Lipinski definition) is 6. The van der Waals surface area contributed by atoms with Crippen molar-refractivity contribution >= 4 is 32.6 Å². The first-order valence-corrected chi connectivity index (χ1v) is 10.5. The zero-order valence-electron chi connectivity index (χ0n) is 16.7. The Morgan fingerprint density at radius 3 is 2.68 bits per heavy atom. The number of aliphatic hydroxyl groups excluding tert-OH is 2. The van der Waals surface area contributed by atoms with Gasteiger partial charge in [0.05, 0.1) is 22.9 Å². The predicted octanol–water partition coefficient (Wildman–Crippen LogP) is 3.95. The summed E-state index contributed by atoms with van der Waals surface area (Å²) < 4.78 is 15.5. The molecule has 0 saturated carbocycles. The molecule has 3 N–H and O–H groups in total. The van der Waals surface area contributed by atoms with Crippen LogP contribution < -0.4 is 5.32 Å². The number of amides is 1. The van der Waals surface area contributed by atoms with Crippen molar-refractivity contribution < 1.29 is 19.4 Å². The van der Waals surface area contributed by atoms with Crippen molar-refractivity contribution in [3.8, 4) is 11.3 Å². The third kappa shape index (κ3) is 4.77. The third-order valence-electron chi connectivity index (χ3n) is 4.76. The van der Waals surface area contributed by atoms with Crippen LogP contribution in [0.15, 0.2) is 54.7 Å². The number of hydrogen-bond donors (Lipinski definition) is 3. The number of pyridine rings is 1. The van der Waals surface area contributed by atoms with E-state index in [1.165, 1.54) is 23.6 Å². The van der Waals surface area contributed by atoms with Crippen molar-refractivity contribution in [3.63, 3.8) is 0 Å². The second kappa shape index (κ2) is 8.89. The standard InChI is InChI=1S/C23H20FN3O3S/c1-13-2-7-19-20(8-13)31-23(26-19)27-22(30)16-5-3-15(4-6-16)21-18(24)10-14(11-25-21)9-17(29)12-28/h2-8,10-11,17,28-29H,9,12H2,1H3,(H,26,27,30). The summed E-state index contributed by atoms with van der Waals surface area (Å²) in [6.07, 6.45) is 0.627. The van der Waals surface area contributed by atoms with Crippen molar-refractivity contribution in [2.75, 3.05) is 11.9 Å². The molecule has 31 heavy (non-hydrogen) atoms. The van der Waals surface area contributed by atoms with Crippen LogP contribution in [0, 0.1) is 12.7 Å². The number of carbonyl (C=O) groups excluding carboxylic acids is 1. The molecule has 0 aliphatic heterocycles. The number of rotatable bonds is 6. The molecule has 1 amide bonds. The van der Waals surface area contributed by atoms with E-state index in [1.54, 1.807) is 24.3 Å². The second-order valence-electron chi connectivity index (χ2n) is 7.24. The van der Waals surface area contributed by atoms with Crippen LogP contribution >= 0.6 is 11.3 Å². The fourth-order valence-corrected chi connectivity index (χ4v) is 4.13. The van der Waals surface area contributed by atoms with Crippen LogP contribution in [0.3, 0.4) is 0 Å². The van der Waals surface area contributed by atoms with Gasteiger partial charge >= 0.3 is 0 Å². The quantitative estimate of drug-likeness (QED) is 0.425. The number of thiazole rings is 1. The number of halogens is 1. The lowest BCUT2D eigenvalue weighted by Crippen LogP contribution is -2.15. The number of aliphatic hydroxyl groups is 2. The highest BCUT2D eigenvalue weighted by Crippen LogP contribution is 2.27. The maximum atomic E-state index is 14.5. The van der Waals surface area contributed by atoms with E-state index in [1.807, 2.05) is 25.1 Å². The van der Waals surface area contributed by atoms with E-state index < -0.39 is 18.5 Å². The van der Waals surface area contributed by atoms with Crippen LogP contribution in [0.1, 0.15) is 21.5 Å². The molecule has 1 unspecified atom stereocenters. The van der Waals surface area contributed by atoms with Crippen molar-refractivity contribution in [2.24, 2.45) is 0 Å². The van der Waals surface area contributed by atoms with Gasteiger partial charge in [-0.25, -0.2) is 9.37 Å². The highest BCUT2D eigenvalue weighted by molar-refractivity contribution is 7.22. The van der Waals surface area contributed by atoms with Crippen LogP contribution in [-0.2, 0) is 6.42 Å². The van der Waals surface area contributed by atoms with Gasteiger partial charge in [-0.2, -0.15) is 0 Å². The van der Waals surface area contributed by atoms with Crippen molar-refractivity contribution in [3.05, 3.63) is 77.2 Å². The van der Waals surface area contributed by atoms with Crippen molar-refractivity contribution in [1.82, 2.24) is 9.97 Å². The van der Waals surface area contributed by atoms with Gasteiger partial charge in [-0.3, -0.25) is 15.1 Å². The molecule has 2 aromatic carbocycles. The summed E-state index contributed by atoms with van der Waals surface area (Å²) in [5.41, 5.74) is 3.54. The normalized spacial score (nSPS) is 12.1. The number of carbonyl (C=O) groups is 1. The molecule has 0 fully saturated rings. The van der Waals surface area contributed by atoms with E-state index in [0.29, 0.717) is 21.8 Å². The van der Waals surface area contributed by atoms with Gasteiger partial charge in [0.25, 0.3) is 5.91 Å². The van der Waals surface area contributed by atoms with E-state index in [9.17, 15) is 14.3 Å². The van der Waals surface area contributed by atoms with Crippen LogP contribution in [0.2, 0.25) is 0 Å². The zero-order chi connectivity index (χ0) is 22.0. The Labute approximate surface area is 182 Å². The molecule has 0 aliphatic carbocycles. The van der Waals surface area contributed by atoms with E-state index in [-0.39, 0.29) is 18.0 Å². The molecule has 0 bridgehead atoms. The molecule has 158 valence electrons. The van der Waals surface area contributed by atoms with Gasteiger partial charge in [-0.15, -0.1) is 0 Å². The summed E-state index contributed by atoms with van der Waals surface area (Å²) in [4.78, 5) is 21.1. The monoisotopic (exact) mass is 437 g/mol. The van der Waals surface area contributed by atoms with Crippen molar-refractivity contribution in [1.29, 1.82) is 0 Å². The zero-order valence-corrected chi connectivity index (χ0v) is 17.5. The first kappa shape index (κ1) is 21.0. The summed E-state index contributed by atoms with van der Waals surface area (Å²) in [7, 11) is 0. The number of aryl methyl sites for hydroxylation is 1. The maximum Gasteiger partial charge on any atom is 0.257 e. The average molecular weight is 437 g/mol. The van der Waals surface area contributed by atoms with Gasteiger partial charge in [0, 0.05) is 23.7 Å². The first-order valence-electron chi connectivity index (χ1n) is 9.65. The van der Waals surface area contributed by atoms with Crippen molar-refractivity contribution in [2.45, 2.75) is 19.4 Å². The van der Waals surface area contributed by atoms with Gasteiger partial charge in [0.15, 0.2) is 5.13 Å². The molecule has 1 atom stereocenters. The molecular formula is C23H20FN3O3S. The van der Waals surface area contributed by atoms with E-state index in [4.69, 9.17) is 5.11 Å². The highest BCUT2D eigenvalue weighted by Gasteiger charge is 2.13. The number of fused-ring (bicyclic) bond motifs is 1. The Bertz CT molecular complexity index is 1240. The number of anilines is 1. The van der Waals surface area contributed by atoms with Gasteiger partial charge in [-0.1, -0.05) is 29.5 Å². The molecule has 2 aromatic heterocycles. The lowest BCUT2D eigenvalue weighted by atomic mass is 10.1. The first-order chi connectivity index (χ1) is 14.9. The number of benzene rings is 2. The predicted molar refractivity (Wildman–Crippen MR) is 119 cm³/mol. The molecule has 0 spiro atoms. The number of nitrogens with one attached hydrogen (secondary N) is 1. The van der Waals surface area contributed by atoms with Crippen LogP contribution in [-0.4, -0.2) is 38.8 Å². The Morgan fingerprint density at radius 1 is 1.19 bits per heavy atom. The lowest BCUT2D eigenvalue weighted by molar-refractivity contribution is 0.0954.